The maximum absolute atomic E-state index is 11.7. The molecule has 2 rings (SSSR count). The number of ether oxygens (including phenoxy) is 1. The smallest absolute Gasteiger partial charge is 0.269 e. The normalized spacial score (nSPS) is 10.2. The number of carbonyl (C=O) groups is 3. The number of carbonyl (C=O) groups excluding carboxylic acids is 3. The van der Waals surface area contributed by atoms with E-state index < -0.39 is 17.7 Å². The molecule has 0 fully saturated rings. The number of nitrogens with zero attached hydrogens (tertiary/aromatic N) is 1. The summed E-state index contributed by atoms with van der Waals surface area (Å²) in [6.45, 7) is -0.200. The number of hydrogen-bond acceptors (Lipinski definition) is 5. The zero-order chi connectivity index (χ0) is 18.1. The van der Waals surface area contributed by atoms with Gasteiger partial charge in [-0.2, -0.15) is 0 Å². The SMILES string of the molecule is NC(=O)COc1ccc(/C=C/C(=O)NNC(=O)c2ccncc2)cc1. The monoisotopic (exact) mass is 340 g/mol. The molecule has 1 aromatic heterocycles. The molecule has 0 aliphatic carbocycles. The van der Waals surface area contributed by atoms with Crippen LogP contribution in [0, 0.1) is 0 Å². The third kappa shape index (κ3) is 6.14. The number of pyridine rings is 1. The highest BCUT2D eigenvalue weighted by Gasteiger charge is 2.04. The molecule has 0 unspecified atom stereocenters. The highest BCUT2D eigenvalue weighted by molar-refractivity contribution is 5.97. The van der Waals surface area contributed by atoms with Crippen molar-refractivity contribution >= 4 is 23.8 Å². The molecule has 1 heterocycles. The predicted octanol–water partition coefficient (Wildman–Crippen LogP) is 0.420. The summed E-state index contributed by atoms with van der Waals surface area (Å²) in [7, 11) is 0. The Morgan fingerprint density at radius 1 is 1.04 bits per heavy atom. The molecule has 0 bridgehead atoms. The van der Waals surface area contributed by atoms with Gasteiger partial charge in [-0.1, -0.05) is 12.1 Å². The van der Waals surface area contributed by atoms with Crippen molar-refractivity contribution in [3.05, 3.63) is 66.0 Å². The van der Waals surface area contributed by atoms with Gasteiger partial charge in [0.05, 0.1) is 0 Å². The van der Waals surface area contributed by atoms with Gasteiger partial charge in [-0.05, 0) is 35.9 Å². The maximum atomic E-state index is 11.7. The third-order valence-electron chi connectivity index (χ3n) is 2.93. The number of amides is 3. The fourth-order valence-corrected chi connectivity index (χ4v) is 1.74. The number of hydrazine groups is 1. The van der Waals surface area contributed by atoms with Gasteiger partial charge < -0.3 is 10.5 Å². The van der Waals surface area contributed by atoms with Gasteiger partial charge in [-0.25, -0.2) is 0 Å². The quantitative estimate of drug-likeness (QED) is 0.519. The minimum atomic E-state index is -0.561. The molecule has 0 aliphatic rings. The van der Waals surface area contributed by atoms with Crippen LogP contribution < -0.4 is 21.3 Å². The molecule has 0 radical (unpaired) electrons. The standard InChI is InChI=1S/C17H16N4O4/c18-15(22)11-25-14-4-1-12(2-5-14)3-6-16(23)20-21-17(24)13-7-9-19-10-8-13/h1-10H,11H2,(H2,18,22)(H,20,23)(H,21,24)/b6-3+. The molecule has 0 spiro atoms. The van der Waals surface area contributed by atoms with Crippen LogP contribution in [0.25, 0.3) is 6.08 Å². The molecule has 0 saturated heterocycles. The molecule has 2 aromatic rings. The Morgan fingerprint density at radius 3 is 2.36 bits per heavy atom. The van der Waals surface area contributed by atoms with Gasteiger partial charge in [0, 0.05) is 24.0 Å². The average Bonchev–Trinajstić information content (AvgIpc) is 2.64. The van der Waals surface area contributed by atoms with Crippen LogP contribution >= 0.6 is 0 Å². The zero-order valence-corrected chi connectivity index (χ0v) is 13.1. The van der Waals surface area contributed by atoms with Gasteiger partial charge in [0.1, 0.15) is 5.75 Å². The molecule has 25 heavy (non-hydrogen) atoms. The molecule has 0 aliphatic heterocycles. The summed E-state index contributed by atoms with van der Waals surface area (Å²) in [6, 6.07) is 9.75. The second-order valence-electron chi connectivity index (χ2n) is 4.84. The van der Waals surface area contributed by atoms with Gasteiger partial charge in [0.15, 0.2) is 6.61 Å². The van der Waals surface area contributed by atoms with Crippen molar-refractivity contribution in [2.75, 3.05) is 6.61 Å². The van der Waals surface area contributed by atoms with Gasteiger partial charge in [0.2, 0.25) is 0 Å². The molecule has 1 aromatic carbocycles. The van der Waals surface area contributed by atoms with Crippen LogP contribution in [0.5, 0.6) is 5.75 Å². The number of nitrogens with two attached hydrogens (primary N) is 1. The average molecular weight is 340 g/mol. The minimum absolute atomic E-state index is 0.200. The number of aromatic nitrogens is 1. The van der Waals surface area contributed by atoms with E-state index in [1.54, 1.807) is 30.3 Å². The van der Waals surface area contributed by atoms with E-state index in [2.05, 4.69) is 15.8 Å². The lowest BCUT2D eigenvalue weighted by molar-refractivity contribution is -0.120. The first kappa shape index (κ1) is 17.7. The molecule has 4 N–H and O–H groups in total. The molecule has 8 heteroatoms. The van der Waals surface area contributed by atoms with E-state index in [-0.39, 0.29) is 6.61 Å². The number of benzene rings is 1. The van der Waals surface area contributed by atoms with E-state index in [1.807, 2.05) is 0 Å². The lowest BCUT2D eigenvalue weighted by atomic mass is 10.2. The molecule has 3 amide bonds. The summed E-state index contributed by atoms with van der Waals surface area (Å²) >= 11 is 0. The third-order valence-corrected chi connectivity index (χ3v) is 2.93. The molecule has 128 valence electrons. The Balaban J connectivity index is 1.81. The molecule has 0 atom stereocenters. The summed E-state index contributed by atoms with van der Waals surface area (Å²) in [5, 5.41) is 0. The van der Waals surface area contributed by atoms with E-state index in [0.717, 1.165) is 5.56 Å². The highest BCUT2D eigenvalue weighted by Crippen LogP contribution is 2.12. The summed E-state index contributed by atoms with van der Waals surface area (Å²) in [5.41, 5.74) is 10.7. The van der Waals surface area contributed by atoms with Crippen LogP contribution in [0.3, 0.4) is 0 Å². The van der Waals surface area contributed by atoms with Gasteiger partial charge >= 0.3 is 0 Å². The molecule has 8 nitrogen and oxygen atoms in total. The van der Waals surface area contributed by atoms with Crippen molar-refractivity contribution in [1.82, 2.24) is 15.8 Å². The van der Waals surface area contributed by atoms with E-state index in [4.69, 9.17) is 10.5 Å². The molecular weight excluding hydrogens is 324 g/mol. The van der Waals surface area contributed by atoms with E-state index in [1.165, 1.54) is 30.6 Å². The first-order chi connectivity index (χ1) is 12.0. The van der Waals surface area contributed by atoms with Crippen molar-refractivity contribution in [3.8, 4) is 5.75 Å². The predicted molar refractivity (Wildman–Crippen MR) is 90.0 cm³/mol. The first-order valence-corrected chi connectivity index (χ1v) is 7.24. The van der Waals surface area contributed by atoms with Crippen LogP contribution in [0.4, 0.5) is 0 Å². The fraction of sp³-hybridized carbons (Fsp3) is 0.0588. The van der Waals surface area contributed by atoms with Crippen molar-refractivity contribution in [2.24, 2.45) is 5.73 Å². The zero-order valence-electron chi connectivity index (χ0n) is 13.1. The lowest BCUT2D eigenvalue weighted by Gasteiger charge is -2.05. The fourth-order valence-electron chi connectivity index (χ4n) is 1.74. The van der Waals surface area contributed by atoms with E-state index in [0.29, 0.717) is 11.3 Å². The van der Waals surface area contributed by atoms with E-state index >= 15 is 0 Å². The Kier molecular flexibility index (Phi) is 6.24. The second-order valence-corrected chi connectivity index (χ2v) is 4.84. The number of hydrogen-bond donors (Lipinski definition) is 3. The van der Waals surface area contributed by atoms with Crippen molar-refractivity contribution in [1.29, 1.82) is 0 Å². The van der Waals surface area contributed by atoms with Gasteiger partial charge in [-0.3, -0.25) is 30.2 Å². The van der Waals surface area contributed by atoms with Crippen molar-refractivity contribution in [2.45, 2.75) is 0 Å². The highest BCUT2D eigenvalue weighted by atomic mass is 16.5. The Labute approximate surface area is 143 Å². The number of rotatable bonds is 6. The van der Waals surface area contributed by atoms with Crippen molar-refractivity contribution in [3.63, 3.8) is 0 Å². The Bertz CT molecular complexity index is 773. The van der Waals surface area contributed by atoms with Crippen LogP contribution in [-0.4, -0.2) is 29.3 Å². The summed E-state index contributed by atoms with van der Waals surface area (Å²) in [5.74, 6) is -1.00. The van der Waals surface area contributed by atoms with Gasteiger partial charge in [-0.15, -0.1) is 0 Å². The van der Waals surface area contributed by atoms with Crippen LogP contribution in [-0.2, 0) is 9.59 Å². The largest absolute Gasteiger partial charge is 0.484 e. The van der Waals surface area contributed by atoms with E-state index in [9.17, 15) is 14.4 Å². The summed E-state index contributed by atoms with van der Waals surface area (Å²) in [6.07, 6.45) is 5.79. The van der Waals surface area contributed by atoms with Gasteiger partial charge in [0.25, 0.3) is 17.7 Å². The first-order valence-electron chi connectivity index (χ1n) is 7.24. The van der Waals surface area contributed by atoms with Crippen molar-refractivity contribution < 1.29 is 19.1 Å². The topological polar surface area (TPSA) is 123 Å². The summed E-state index contributed by atoms with van der Waals surface area (Å²) in [4.78, 5) is 37.9. The summed E-state index contributed by atoms with van der Waals surface area (Å²) < 4.78 is 5.13. The van der Waals surface area contributed by atoms with Crippen LogP contribution in [0.15, 0.2) is 54.9 Å². The molecule has 0 saturated carbocycles. The Hall–Kier alpha value is -3.68. The minimum Gasteiger partial charge on any atom is -0.484 e. The second kappa shape index (κ2) is 8.82. The van der Waals surface area contributed by atoms with Crippen LogP contribution in [0.2, 0.25) is 0 Å². The lowest BCUT2D eigenvalue weighted by Crippen LogP contribution is -2.40. The Morgan fingerprint density at radius 2 is 1.72 bits per heavy atom. The number of primary amides is 1. The molecular formula is C17H16N4O4. The maximum Gasteiger partial charge on any atom is 0.269 e. The number of nitrogens with one attached hydrogen (secondary N) is 2. The van der Waals surface area contributed by atoms with Crippen LogP contribution in [0.1, 0.15) is 15.9 Å².